The Balaban J connectivity index is 2.39. The number of nitrogens with two attached hydrogens (primary N) is 1. The van der Waals surface area contributed by atoms with Gasteiger partial charge in [0.1, 0.15) is 0 Å². The first-order chi connectivity index (χ1) is 8.57. The highest BCUT2D eigenvalue weighted by Crippen LogP contribution is 2.27. The van der Waals surface area contributed by atoms with Gasteiger partial charge in [-0.2, -0.15) is 4.31 Å². The lowest BCUT2D eigenvalue weighted by molar-refractivity contribution is 0.257. The minimum Gasteiger partial charge on any atom is -0.329 e. The van der Waals surface area contributed by atoms with Crippen LogP contribution in [0.1, 0.15) is 19.3 Å². The fourth-order valence-electron chi connectivity index (χ4n) is 2.20. The molecule has 1 atom stereocenters. The van der Waals surface area contributed by atoms with Crippen LogP contribution in [0.15, 0.2) is 23.4 Å². The van der Waals surface area contributed by atoms with Crippen LogP contribution < -0.4 is 5.73 Å². The summed E-state index contributed by atoms with van der Waals surface area (Å²) in [6.07, 6.45) is 4.07. The highest BCUT2D eigenvalue weighted by atomic mass is 35.5. The maximum Gasteiger partial charge on any atom is 0.262 e. The molecule has 7 heteroatoms. The Morgan fingerprint density at radius 3 is 2.94 bits per heavy atom. The minimum absolute atomic E-state index is 0.0768. The van der Waals surface area contributed by atoms with Crippen molar-refractivity contribution in [1.29, 1.82) is 0 Å². The topological polar surface area (TPSA) is 76.3 Å². The average molecular weight is 290 g/mol. The molecule has 1 aromatic heterocycles. The van der Waals surface area contributed by atoms with E-state index in [9.17, 15) is 8.42 Å². The van der Waals surface area contributed by atoms with E-state index in [1.165, 1.54) is 16.6 Å². The fraction of sp³-hybridized carbons (Fsp3) is 0.545. The Morgan fingerprint density at radius 1 is 1.50 bits per heavy atom. The van der Waals surface area contributed by atoms with Crippen LogP contribution in [0.3, 0.4) is 0 Å². The van der Waals surface area contributed by atoms with E-state index in [4.69, 9.17) is 17.3 Å². The van der Waals surface area contributed by atoms with E-state index in [0.717, 1.165) is 19.3 Å². The van der Waals surface area contributed by atoms with Gasteiger partial charge in [0.2, 0.25) is 0 Å². The van der Waals surface area contributed by atoms with Gasteiger partial charge in [0.05, 0.1) is 5.02 Å². The maximum atomic E-state index is 12.5. The molecule has 2 rings (SSSR count). The van der Waals surface area contributed by atoms with E-state index in [1.807, 2.05) is 0 Å². The Bertz CT molecular complexity index is 521. The minimum atomic E-state index is -3.64. The van der Waals surface area contributed by atoms with E-state index in [-0.39, 0.29) is 16.1 Å². The lowest BCUT2D eigenvalue weighted by Crippen LogP contribution is -2.47. The molecule has 0 aliphatic carbocycles. The zero-order valence-electron chi connectivity index (χ0n) is 9.92. The predicted molar refractivity (Wildman–Crippen MR) is 69.8 cm³/mol. The average Bonchev–Trinajstić information content (AvgIpc) is 2.39. The molecule has 1 aromatic rings. The van der Waals surface area contributed by atoms with Crippen molar-refractivity contribution in [2.45, 2.75) is 30.3 Å². The van der Waals surface area contributed by atoms with Gasteiger partial charge in [-0.1, -0.05) is 18.0 Å². The third-order valence-corrected chi connectivity index (χ3v) is 5.45. The lowest BCUT2D eigenvalue weighted by Gasteiger charge is -2.33. The molecule has 0 bridgehead atoms. The van der Waals surface area contributed by atoms with Crippen LogP contribution >= 0.6 is 11.6 Å². The van der Waals surface area contributed by atoms with Gasteiger partial charge in [-0.3, -0.25) is 0 Å². The number of halogens is 1. The molecular weight excluding hydrogens is 274 g/mol. The number of hydrogen-bond acceptors (Lipinski definition) is 4. The van der Waals surface area contributed by atoms with E-state index < -0.39 is 10.0 Å². The summed E-state index contributed by atoms with van der Waals surface area (Å²) >= 11 is 5.92. The van der Waals surface area contributed by atoms with Crippen LogP contribution in [0.4, 0.5) is 0 Å². The van der Waals surface area contributed by atoms with Crippen molar-refractivity contribution < 1.29 is 8.42 Å². The Hall–Kier alpha value is -0.690. The summed E-state index contributed by atoms with van der Waals surface area (Å²) in [5.74, 6) is 0. The molecule has 0 unspecified atom stereocenters. The Morgan fingerprint density at radius 2 is 2.28 bits per heavy atom. The first-order valence-electron chi connectivity index (χ1n) is 5.90. The SMILES string of the molecule is NC[C@H]1CCCCN1S(=O)(=O)c1ncccc1Cl. The molecule has 18 heavy (non-hydrogen) atoms. The molecule has 0 saturated carbocycles. The van der Waals surface area contributed by atoms with Gasteiger partial charge < -0.3 is 5.73 Å². The summed E-state index contributed by atoms with van der Waals surface area (Å²) in [7, 11) is -3.64. The molecule has 0 radical (unpaired) electrons. The Labute approximate surface area is 112 Å². The van der Waals surface area contributed by atoms with Crippen LogP contribution in [0.2, 0.25) is 5.02 Å². The van der Waals surface area contributed by atoms with E-state index >= 15 is 0 Å². The van der Waals surface area contributed by atoms with Crippen molar-refractivity contribution in [3.8, 4) is 0 Å². The van der Waals surface area contributed by atoms with Gasteiger partial charge in [-0.15, -0.1) is 0 Å². The molecule has 100 valence electrons. The standard InChI is InChI=1S/C11H16ClN3O2S/c12-10-5-3-6-14-11(10)18(16,17)15-7-2-1-4-9(15)8-13/h3,5-6,9H,1-2,4,7-8,13H2/t9-/m1/s1. The molecule has 1 aliphatic heterocycles. The molecular formula is C11H16ClN3O2S. The highest BCUT2D eigenvalue weighted by Gasteiger charge is 2.34. The lowest BCUT2D eigenvalue weighted by atomic mass is 10.1. The monoisotopic (exact) mass is 289 g/mol. The summed E-state index contributed by atoms with van der Waals surface area (Å²) in [6, 6.07) is 2.99. The highest BCUT2D eigenvalue weighted by molar-refractivity contribution is 7.89. The van der Waals surface area contributed by atoms with E-state index in [0.29, 0.717) is 13.1 Å². The second kappa shape index (κ2) is 5.52. The normalized spacial score (nSPS) is 22.0. The van der Waals surface area contributed by atoms with Gasteiger partial charge in [-0.05, 0) is 25.0 Å². The van der Waals surface area contributed by atoms with Gasteiger partial charge in [0, 0.05) is 25.3 Å². The number of aromatic nitrogens is 1. The molecule has 1 fully saturated rings. The molecule has 1 saturated heterocycles. The number of nitrogens with zero attached hydrogens (tertiary/aromatic N) is 2. The van der Waals surface area contributed by atoms with Gasteiger partial charge in [-0.25, -0.2) is 13.4 Å². The third kappa shape index (κ3) is 2.51. The molecule has 0 amide bonds. The summed E-state index contributed by atoms with van der Waals surface area (Å²) in [6.45, 7) is 0.806. The van der Waals surface area contributed by atoms with Crippen molar-refractivity contribution >= 4 is 21.6 Å². The van der Waals surface area contributed by atoms with Crippen LogP contribution in [-0.2, 0) is 10.0 Å². The number of rotatable bonds is 3. The molecule has 1 aliphatic rings. The number of pyridine rings is 1. The Kier molecular flexibility index (Phi) is 4.21. The van der Waals surface area contributed by atoms with Crippen molar-refractivity contribution in [1.82, 2.24) is 9.29 Å². The maximum absolute atomic E-state index is 12.5. The fourth-order valence-corrected chi connectivity index (χ4v) is 4.30. The quantitative estimate of drug-likeness (QED) is 0.908. The molecule has 2 N–H and O–H groups in total. The van der Waals surface area contributed by atoms with Crippen LogP contribution in [0, 0.1) is 0 Å². The first kappa shape index (κ1) is 13.7. The second-order valence-corrected chi connectivity index (χ2v) is 6.50. The summed E-state index contributed by atoms with van der Waals surface area (Å²) in [4.78, 5) is 3.89. The van der Waals surface area contributed by atoms with Crippen LogP contribution in [0.5, 0.6) is 0 Å². The van der Waals surface area contributed by atoms with Crippen LogP contribution in [-0.4, -0.2) is 36.8 Å². The molecule has 2 heterocycles. The third-order valence-electron chi connectivity index (χ3n) is 3.12. The van der Waals surface area contributed by atoms with Gasteiger partial charge in [0.15, 0.2) is 5.03 Å². The largest absolute Gasteiger partial charge is 0.329 e. The zero-order valence-corrected chi connectivity index (χ0v) is 11.5. The van der Waals surface area contributed by atoms with E-state index in [2.05, 4.69) is 4.98 Å². The van der Waals surface area contributed by atoms with E-state index in [1.54, 1.807) is 6.07 Å². The second-order valence-electron chi connectivity index (χ2n) is 4.29. The van der Waals surface area contributed by atoms with Gasteiger partial charge >= 0.3 is 0 Å². The number of hydrogen-bond donors (Lipinski definition) is 1. The van der Waals surface area contributed by atoms with Gasteiger partial charge in [0.25, 0.3) is 10.0 Å². The zero-order chi connectivity index (χ0) is 13.2. The molecule has 0 aromatic carbocycles. The smallest absolute Gasteiger partial charge is 0.262 e. The molecule has 0 spiro atoms. The number of piperidine rings is 1. The van der Waals surface area contributed by atoms with Crippen molar-refractivity contribution in [2.75, 3.05) is 13.1 Å². The van der Waals surface area contributed by atoms with Crippen molar-refractivity contribution in [3.63, 3.8) is 0 Å². The summed E-state index contributed by atoms with van der Waals surface area (Å²) in [5, 5.41) is 0.0749. The first-order valence-corrected chi connectivity index (χ1v) is 7.71. The summed E-state index contributed by atoms with van der Waals surface area (Å²) < 4.78 is 26.4. The summed E-state index contributed by atoms with van der Waals surface area (Å²) in [5.41, 5.74) is 5.65. The van der Waals surface area contributed by atoms with Crippen LogP contribution in [0.25, 0.3) is 0 Å². The van der Waals surface area contributed by atoms with Crippen molar-refractivity contribution in [3.05, 3.63) is 23.4 Å². The predicted octanol–water partition coefficient (Wildman–Crippen LogP) is 1.24. The molecule has 5 nitrogen and oxygen atoms in total. The van der Waals surface area contributed by atoms with Crippen molar-refractivity contribution in [2.24, 2.45) is 5.73 Å². The number of sulfonamides is 1.